The summed E-state index contributed by atoms with van der Waals surface area (Å²) >= 11 is 9.48. The minimum atomic E-state index is -0.0130. The summed E-state index contributed by atoms with van der Waals surface area (Å²) in [7, 11) is 0. The van der Waals surface area contributed by atoms with E-state index in [1.807, 2.05) is 37.3 Å². The molecule has 1 unspecified atom stereocenters. The first-order valence-electron chi connectivity index (χ1n) is 5.58. The number of aromatic hydroxyl groups is 1. The molecule has 0 bridgehead atoms. The van der Waals surface area contributed by atoms with Crippen LogP contribution in [-0.4, -0.2) is 5.11 Å². The molecular weight excluding hydrogens is 314 g/mol. The SMILES string of the molecule is CC(Nc1cccc(Cl)c1Br)c1ccccc1O. The summed E-state index contributed by atoms with van der Waals surface area (Å²) in [5.74, 6) is 0.288. The zero-order valence-corrected chi connectivity index (χ0v) is 12.2. The van der Waals surface area contributed by atoms with Crippen molar-refractivity contribution in [2.45, 2.75) is 13.0 Å². The van der Waals surface area contributed by atoms with Gasteiger partial charge in [0.1, 0.15) is 5.75 Å². The van der Waals surface area contributed by atoms with E-state index in [2.05, 4.69) is 21.2 Å². The van der Waals surface area contributed by atoms with Crippen molar-refractivity contribution in [2.24, 2.45) is 0 Å². The molecule has 0 radical (unpaired) electrons. The fourth-order valence-corrected chi connectivity index (χ4v) is 2.33. The highest BCUT2D eigenvalue weighted by Gasteiger charge is 2.11. The average Bonchev–Trinajstić information content (AvgIpc) is 2.35. The van der Waals surface area contributed by atoms with Gasteiger partial charge in [0.25, 0.3) is 0 Å². The second kappa shape index (κ2) is 5.63. The van der Waals surface area contributed by atoms with Gasteiger partial charge in [0.15, 0.2) is 0 Å². The van der Waals surface area contributed by atoms with E-state index in [-0.39, 0.29) is 11.8 Å². The third-order valence-electron chi connectivity index (χ3n) is 2.73. The molecule has 0 aliphatic carbocycles. The van der Waals surface area contributed by atoms with Crippen molar-refractivity contribution >= 4 is 33.2 Å². The molecule has 2 aromatic carbocycles. The first kappa shape index (κ1) is 13.2. The Labute approximate surface area is 120 Å². The largest absolute Gasteiger partial charge is 0.508 e. The first-order valence-corrected chi connectivity index (χ1v) is 6.75. The maximum atomic E-state index is 9.81. The molecule has 2 N–H and O–H groups in total. The lowest BCUT2D eigenvalue weighted by atomic mass is 10.1. The zero-order valence-electron chi connectivity index (χ0n) is 9.82. The van der Waals surface area contributed by atoms with Crippen LogP contribution < -0.4 is 5.32 Å². The van der Waals surface area contributed by atoms with Gasteiger partial charge >= 0.3 is 0 Å². The Morgan fingerprint density at radius 3 is 2.61 bits per heavy atom. The van der Waals surface area contributed by atoms with Gasteiger partial charge in [-0.1, -0.05) is 35.9 Å². The first-order chi connectivity index (χ1) is 8.59. The fraction of sp³-hybridized carbons (Fsp3) is 0.143. The van der Waals surface area contributed by atoms with Crippen LogP contribution in [0.5, 0.6) is 5.75 Å². The van der Waals surface area contributed by atoms with Crippen molar-refractivity contribution in [3.63, 3.8) is 0 Å². The number of phenols is 1. The highest BCUT2D eigenvalue weighted by Crippen LogP contribution is 2.33. The van der Waals surface area contributed by atoms with Crippen molar-refractivity contribution in [3.8, 4) is 5.75 Å². The number of anilines is 1. The van der Waals surface area contributed by atoms with E-state index in [9.17, 15) is 5.11 Å². The highest BCUT2D eigenvalue weighted by atomic mass is 79.9. The minimum absolute atomic E-state index is 0.0130. The topological polar surface area (TPSA) is 32.3 Å². The molecule has 0 aromatic heterocycles. The molecule has 4 heteroatoms. The van der Waals surface area contributed by atoms with Gasteiger partial charge in [-0.25, -0.2) is 0 Å². The van der Waals surface area contributed by atoms with Crippen molar-refractivity contribution in [1.82, 2.24) is 0 Å². The predicted octanol–water partition coefficient (Wildman–Crippen LogP) is 4.98. The van der Waals surface area contributed by atoms with Gasteiger partial charge in [0.05, 0.1) is 21.2 Å². The number of halogens is 2. The van der Waals surface area contributed by atoms with E-state index in [1.165, 1.54) is 0 Å². The van der Waals surface area contributed by atoms with Gasteiger partial charge < -0.3 is 10.4 Å². The van der Waals surface area contributed by atoms with Crippen molar-refractivity contribution < 1.29 is 5.11 Å². The van der Waals surface area contributed by atoms with Crippen LogP contribution >= 0.6 is 27.5 Å². The van der Waals surface area contributed by atoms with Gasteiger partial charge in [-0.3, -0.25) is 0 Å². The average molecular weight is 327 g/mol. The Morgan fingerprint density at radius 1 is 1.17 bits per heavy atom. The van der Waals surface area contributed by atoms with Gasteiger partial charge in [-0.15, -0.1) is 0 Å². The normalized spacial score (nSPS) is 12.2. The fourth-order valence-electron chi connectivity index (χ4n) is 1.78. The molecule has 0 aliphatic rings. The van der Waals surface area contributed by atoms with E-state index in [1.54, 1.807) is 12.1 Å². The molecule has 0 fully saturated rings. The summed E-state index contributed by atoms with van der Waals surface area (Å²) < 4.78 is 0.828. The standard InChI is InChI=1S/C14H13BrClNO/c1-9(10-5-2-3-8-13(10)18)17-12-7-4-6-11(16)14(12)15/h2-9,17-18H,1H3. The maximum absolute atomic E-state index is 9.81. The van der Waals surface area contributed by atoms with Crippen LogP contribution in [0.2, 0.25) is 5.02 Å². The Balaban J connectivity index is 2.24. The van der Waals surface area contributed by atoms with E-state index >= 15 is 0 Å². The number of benzene rings is 2. The molecule has 0 spiro atoms. The summed E-state index contributed by atoms with van der Waals surface area (Å²) in [5, 5.41) is 13.8. The quantitative estimate of drug-likeness (QED) is 0.833. The third-order valence-corrected chi connectivity index (χ3v) is 4.12. The molecule has 0 heterocycles. The zero-order chi connectivity index (χ0) is 13.1. The number of hydrogen-bond acceptors (Lipinski definition) is 2. The maximum Gasteiger partial charge on any atom is 0.120 e. The van der Waals surface area contributed by atoms with E-state index in [4.69, 9.17) is 11.6 Å². The summed E-state index contributed by atoms with van der Waals surface area (Å²) in [5.41, 5.74) is 1.75. The molecule has 18 heavy (non-hydrogen) atoms. The van der Waals surface area contributed by atoms with Crippen LogP contribution in [0, 0.1) is 0 Å². The van der Waals surface area contributed by atoms with Crippen LogP contribution in [-0.2, 0) is 0 Å². The Kier molecular flexibility index (Phi) is 4.15. The Morgan fingerprint density at radius 2 is 1.89 bits per heavy atom. The lowest BCUT2D eigenvalue weighted by Gasteiger charge is -2.18. The van der Waals surface area contributed by atoms with Gasteiger partial charge in [-0.2, -0.15) is 0 Å². The van der Waals surface area contributed by atoms with Crippen LogP contribution in [0.25, 0.3) is 0 Å². The third kappa shape index (κ3) is 2.79. The second-order valence-electron chi connectivity index (χ2n) is 4.03. The molecule has 0 amide bonds. The van der Waals surface area contributed by atoms with Gasteiger partial charge in [0.2, 0.25) is 0 Å². The predicted molar refractivity (Wildman–Crippen MR) is 79.3 cm³/mol. The summed E-state index contributed by atoms with van der Waals surface area (Å²) in [6, 6.07) is 12.9. The Hall–Kier alpha value is -1.19. The molecular formula is C14H13BrClNO. The Bertz CT molecular complexity index is 559. The van der Waals surface area contributed by atoms with Crippen molar-refractivity contribution in [1.29, 1.82) is 0 Å². The van der Waals surface area contributed by atoms with E-state index in [0.717, 1.165) is 15.7 Å². The molecule has 2 rings (SSSR count). The van der Waals surface area contributed by atoms with Crippen LogP contribution in [0.1, 0.15) is 18.5 Å². The lowest BCUT2D eigenvalue weighted by Crippen LogP contribution is -2.07. The van der Waals surface area contributed by atoms with Crippen molar-refractivity contribution in [2.75, 3.05) is 5.32 Å². The second-order valence-corrected chi connectivity index (χ2v) is 5.23. The molecule has 1 atom stereocenters. The molecule has 0 saturated carbocycles. The number of para-hydroxylation sites is 1. The summed E-state index contributed by atoms with van der Waals surface area (Å²) in [6.45, 7) is 1.99. The highest BCUT2D eigenvalue weighted by molar-refractivity contribution is 9.10. The molecule has 94 valence electrons. The number of phenolic OH excluding ortho intramolecular Hbond substituents is 1. The number of hydrogen-bond donors (Lipinski definition) is 2. The van der Waals surface area contributed by atoms with E-state index in [0.29, 0.717) is 5.02 Å². The smallest absolute Gasteiger partial charge is 0.120 e. The molecule has 0 saturated heterocycles. The summed E-state index contributed by atoms with van der Waals surface area (Å²) in [4.78, 5) is 0. The van der Waals surface area contributed by atoms with E-state index < -0.39 is 0 Å². The molecule has 2 nitrogen and oxygen atoms in total. The monoisotopic (exact) mass is 325 g/mol. The van der Waals surface area contributed by atoms with Crippen molar-refractivity contribution in [3.05, 3.63) is 57.5 Å². The minimum Gasteiger partial charge on any atom is -0.508 e. The number of rotatable bonds is 3. The van der Waals surface area contributed by atoms with Crippen LogP contribution in [0.3, 0.4) is 0 Å². The number of nitrogens with one attached hydrogen (secondary N) is 1. The van der Waals surface area contributed by atoms with Crippen LogP contribution in [0.4, 0.5) is 5.69 Å². The summed E-state index contributed by atoms with van der Waals surface area (Å²) in [6.07, 6.45) is 0. The molecule has 2 aromatic rings. The van der Waals surface area contributed by atoms with Crippen LogP contribution in [0.15, 0.2) is 46.9 Å². The van der Waals surface area contributed by atoms with Gasteiger partial charge in [0, 0.05) is 5.56 Å². The van der Waals surface area contributed by atoms with Gasteiger partial charge in [-0.05, 0) is 41.1 Å². The lowest BCUT2D eigenvalue weighted by molar-refractivity contribution is 0.465. The molecule has 0 aliphatic heterocycles.